The molecule has 7 aromatic heterocycles. The number of nitrogens with one attached hydrogen (secondary N) is 2. The molecule has 0 aliphatic carbocycles. The maximum Gasteiger partial charge on any atom is 0.310 e. The molecular formula is C72H84N12O7S8. The van der Waals surface area contributed by atoms with Crippen molar-refractivity contribution < 1.29 is 32.3 Å². The van der Waals surface area contributed by atoms with Gasteiger partial charge in [-0.3, -0.25) is 38.6 Å². The van der Waals surface area contributed by atoms with Gasteiger partial charge in [-0.05, 0) is 111 Å². The highest BCUT2D eigenvalue weighted by atomic mass is 32.2. The Labute approximate surface area is 607 Å². The van der Waals surface area contributed by atoms with Gasteiger partial charge in [0.05, 0.1) is 64.6 Å². The molecule has 0 radical (unpaired) electrons. The van der Waals surface area contributed by atoms with Crippen LogP contribution in [-0.4, -0.2) is 137 Å². The van der Waals surface area contributed by atoms with Crippen molar-refractivity contribution in [3.8, 4) is 37.8 Å². The first-order valence-corrected chi connectivity index (χ1v) is 40.2. The van der Waals surface area contributed by atoms with Crippen LogP contribution in [0.4, 0.5) is 15.0 Å². The number of likely N-dealkylation sites (N-methyl/N-ethyl adjacent to an activating group) is 3. The largest absolute Gasteiger partial charge is 0.394 e. The second-order valence-electron chi connectivity index (χ2n) is 23.5. The third-order valence-electron chi connectivity index (χ3n) is 16.6. The van der Waals surface area contributed by atoms with Crippen LogP contribution in [0.1, 0.15) is 105 Å². The molecule has 11 heterocycles. The summed E-state index contributed by atoms with van der Waals surface area (Å²) >= 11 is 11.7. The van der Waals surface area contributed by atoms with Crippen molar-refractivity contribution in [1.82, 2.24) is 39.5 Å². The van der Waals surface area contributed by atoms with Crippen LogP contribution in [0.15, 0.2) is 97.1 Å². The number of esters is 2. The Morgan fingerprint density at radius 2 is 0.889 bits per heavy atom. The number of nitrogen functional groups attached to an aromatic ring is 1. The van der Waals surface area contributed by atoms with Gasteiger partial charge >= 0.3 is 11.9 Å². The third-order valence-corrected chi connectivity index (χ3v) is 24.8. The molecule has 1 fully saturated rings. The van der Waals surface area contributed by atoms with Gasteiger partial charge in [-0.15, -0.1) is 79.4 Å². The molecule has 15 rings (SSSR count). The molecule has 11 aromatic rings. The van der Waals surface area contributed by atoms with Crippen molar-refractivity contribution in [2.75, 3.05) is 80.9 Å². The average molecular weight is 1490 g/mol. The van der Waals surface area contributed by atoms with Gasteiger partial charge in [0, 0.05) is 117 Å². The van der Waals surface area contributed by atoms with E-state index in [4.69, 9.17) is 25.9 Å². The zero-order chi connectivity index (χ0) is 69.6. The van der Waals surface area contributed by atoms with Gasteiger partial charge in [0.15, 0.2) is 0 Å². The number of sulfonamides is 1. The van der Waals surface area contributed by atoms with Crippen LogP contribution in [0.3, 0.4) is 0 Å². The van der Waals surface area contributed by atoms with Crippen molar-refractivity contribution in [2.45, 2.75) is 114 Å². The molecule has 0 atom stereocenters. The number of likely N-dealkylation sites (tertiary alicyclic amines) is 1. The highest BCUT2D eigenvalue weighted by Gasteiger charge is 2.30. The standard InChI is InChI=1S/C18H19N3OS2.C17H19N3O2S3.C16H17N3S2.C9H6N2S.C7H13NO.C4H6O3.CH4/c1-3-21-9-8-12-15(10-21)24-17(19-11(2)22)16(12)18-20-13-6-4-5-7-14(13)23-18;1-3-20-9-8-11-14(10-20)24-17(19-25(2,21)22)15(11)16-18-12-6-4-5-7-13(12)23-16;1-2-19-8-7-10-13(9-19)20-15(17)14(10)16-18-11-5-3-4-6-12(11)21-16;10-6-5-9-11-7-3-1-2-4-8(7)12-9;1-2-8-5-3-7(9)4-6-8;1-3(5)7-4(2)6;/h4-7H,3,8-10H2,1-2H3,(H,19,22);4-7,19H,3,8-10H2,1-2H3;3-6H,2,7-9,17H2,1H3;1-4H,5H2;2-6H2,1H3;1-2H3;1H4. The van der Waals surface area contributed by atoms with E-state index >= 15 is 0 Å². The molecule has 0 spiro atoms. The topological polar surface area (TPSA) is 250 Å². The van der Waals surface area contributed by atoms with Gasteiger partial charge in [-0.25, -0.2) is 28.4 Å². The van der Waals surface area contributed by atoms with E-state index in [9.17, 15) is 27.6 Å². The zero-order valence-corrected chi connectivity index (χ0v) is 62.7. The molecule has 522 valence electrons. The van der Waals surface area contributed by atoms with E-state index in [1.165, 1.54) is 66.4 Å². The Kier molecular flexibility index (Phi) is 27.1. The molecule has 1 amide bonds. The van der Waals surface area contributed by atoms with Crippen molar-refractivity contribution in [3.05, 3.63) is 133 Å². The Bertz CT molecular complexity index is 4630. The summed E-state index contributed by atoms with van der Waals surface area (Å²) in [5.41, 5.74) is 17.7. The second kappa shape index (κ2) is 35.3. The predicted molar refractivity (Wildman–Crippen MR) is 414 cm³/mol. The van der Waals surface area contributed by atoms with Gasteiger partial charge in [-0.2, -0.15) is 5.26 Å². The van der Waals surface area contributed by atoms with Gasteiger partial charge in [-0.1, -0.05) is 83.7 Å². The third kappa shape index (κ3) is 19.8. The Morgan fingerprint density at radius 3 is 1.26 bits per heavy atom. The van der Waals surface area contributed by atoms with E-state index in [1.807, 2.05) is 66.7 Å². The highest BCUT2D eigenvalue weighted by Crippen LogP contribution is 2.48. The zero-order valence-electron chi connectivity index (χ0n) is 56.2. The molecule has 1 saturated heterocycles. The summed E-state index contributed by atoms with van der Waals surface area (Å²) in [7, 11) is -3.33. The highest BCUT2D eigenvalue weighted by molar-refractivity contribution is 7.92. The van der Waals surface area contributed by atoms with Crippen LogP contribution in [0.2, 0.25) is 0 Å². The van der Waals surface area contributed by atoms with Gasteiger partial charge < -0.3 is 20.7 Å². The average Bonchev–Trinajstić information content (AvgIpc) is 1.63. The Hall–Kier alpha value is -7.30. The number of anilines is 3. The van der Waals surface area contributed by atoms with Crippen molar-refractivity contribution in [1.29, 1.82) is 5.26 Å². The lowest BCUT2D eigenvalue weighted by Crippen LogP contribution is -2.33. The van der Waals surface area contributed by atoms with Crippen LogP contribution in [0, 0.1) is 11.3 Å². The maximum absolute atomic E-state index is 11.9. The number of amides is 1. The molecule has 4 N–H and O–H groups in total. The summed E-state index contributed by atoms with van der Waals surface area (Å²) in [6.45, 7) is 24.9. The number of ether oxygens (including phenoxy) is 1. The van der Waals surface area contributed by atoms with E-state index in [0.29, 0.717) is 17.2 Å². The summed E-state index contributed by atoms with van der Waals surface area (Å²) in [6.07, 6.45) is 6.19. The normalized spacial score (nSPS) is 14.6. The fourth-order valence-corrected chi connectivity index (χ4v) is 20.6. The molecular weight excluding hydrogens is 1400 g/mol. The number of thiazole rings is 4. The lowest BCUT2D eigenvalue weighted by atomic mass is 10.0. The molecule has 4 aromatic carbocycles. The number of carbonyl (C=O) groups is 4. The summed E-state index contributed by atoms with van der Waals surface area (Å²) in [4.78, 5) is 74.3. The molecule has 0 saturated carbocycles. The minimum absolute atomic E-state index is 0. The number of nitrogens with two attached hydrogens (primary N) is 1. The van der Waals surface area contributed by atoms with Crippen LogP contribution in [0.25, 0.3) is 72.6 Å². The summed E-state index contributed by atoms with van der Waals surface area (Å²) < 4.78 is 35.1. The van der Waals surface area contributed by atoms with Crippen LogP contribution in [0.5, 0.6) is 0 Å². The first-order valence-electron chi connectivity index (χ1n) is 32.5. The molecule has 19 nitrogen and oxygen atoms in total. The van der Waals surface area contributed by atoms with Gasteiger partial charge in [0.25, 0.3) is 0 Å². The number of benzene rings is 4. The predicted octanol–water partition coefficient (Wildman–Crippen LogP) is 15.9. The fraction of sp³-hybridized carbons (Fsp3) is 0.375. The minimum atomic E-state index is -3.33. The minimum Gasteiger partial charge on any atom is -0.394 e. The number of aromatic nitrogens is 4. The number of hydrogen-bond acceptors (Lipinski definition) is 24. The first kappa shape index (κ1) is 75.9. The van der Waals surface area contributed by atoms with Crippen molar-refractivity contribution in [3.63, 3.8) is 0 Å². The van der Waals surface area contributed by atoms with E-state index in [2.05, 4.69) is 103 Å². The summed E-state index contributed by atoms with van der Waals surface area (Å²) in [5, 5.41) is 18.0. The Morgan fingerprint density at radius 1 is 0.525 bits per heavy atom. The number of nitrogens with zero attached hydrogens (tertiary/aromatic N) is 9. The molecule has 4 aliphatic rings. The summed E-state index contributed by atoms with van der Waals surface area (Å²) in [6, 6.07) is 34.6. The van der Waals surface area contributed by atoms with Crippen LogP contribution < -0.4 is 15.8 Å². The quantitative estimate of drug-likeness (QED) is 0.0804. The number of hydrogen-bond donors (Lipinski definition) is 3. The van der Waals surface area contributed by atoms with Gasteiger partial charge in [0.1, 0.15) is 35.8 Å². The van der Waals surface area contributed by atoms with E-state index in [0.717, 1.165) is 183 Å². The smallest absolute Gasteiger partial charge is 0.310 e. The molecule has 27 heteroatoms. The number of carbonyl (C=O) groups excluding carboxylic acids is 4. The SMILES string of the molecule is C.CC(=O)OC(C)=O.CCN1CCC(=O)CC1.CCN1CCc2c(sc(N)c2-c2nc3ccccc3s2)C1.CCN1CCc2c(sc(NC(C)=O)c2-c2nc3ccccc3s2)C1.CCN1CCc2c(sc(NS(C)(=O)=O)c2-c2nc3ccccc3s2)C1.N#CCc1nc2ccccc2s1. The van der Waals surface area contributed by atoms with E-state index in [-0.39, 0.29) is 13.3 Å². The first-order chi connectivity index (χ1) is 47.2. The number of thiophene rings is 3. The lowest BCUT2D eigenvalue weighted by molar-refractivity contribution is -0.156. The number of rotatable bonds is 11. The van der Waals surface area contributed by atoms with Gasteiger partial charge in [0.2, 0.25) is 15.9 Å². The molecule has 4 aliphatic heterocycles. The number of ketones is 1. The lowest BCUT2D eigenvalue weighted by Gasteiger charge is -2.25. The second-order valence-corrected chi connectivity index (χ2v) is 32.8. The van der Waals surface area contributed by atoms with E-state index < -0.39 is 22.0 Å². The maximum atomic E-state index is 11.9. The summed E-state index contributed by atoms with van der Waals surface area (Å²) in [5.74, 6) is -0.719. The van der Waals surface area contributed by atoms with Crippen molar-refractivity contribution >= 4 is 169 Å². The van der Waals surface area contributed by atoms with Crippen molar-refractivity contribution in [2.24, 2.45) is 0 Å². The molecule has 0 unspecified atom stereocenters. The Balaban J connectivity index is 0.000000146. The van der Waals surface area contributed by atoms with E-state index in [1.54, 1.807) is 86.3 Å². The number of Topliss-reactive ketones (excluding diaryl/α,β-unsaturated/α-hetero) is 1. The van der Waals surface area contributed by atoms with Crippen LogP contribution >= 0.6 is 79.4 Å². The number of piperidine rings is 1. The monoisotopic (exact) mass is 1480 g/mol. The van der Waals surface area contributed by atoms with Crippen LogP contribution in [-0.2, 0) is 79.3 Å². The molecule has 99 heavy (non-hydrogen) atoms. The number of para-hydroxylation sites is 4. The molecule has 0 bridgehead atoms. The fourth-order valence-electron chi connectivity index (χ4n) is 11.7. The number of fused-ring (bicyclic) bond motifs is 7. The number of nitriles is 1.